The molecule has 3 atom stereocenters. The number of rotatable bonds is 3. The monoisotopic (exact) mass is 412 g/mol. The molecule has 4 heterocycles. The molecule has 5 rings (SSSR count). The molecule has 142 valence electrons. The van der Waals surface area contributed by atoms with Crippen LogP contribution in [-0.2, 0) is 0 Å². The highest BCUT2D eigenvalue weighted by atomic mass is 35.5. The molecule has 2 aliphatic heterocycles. The first-order chi connectivity index (χ1) is 13.6. The average molecular weight is 413 g/mol. The number of halogens is 2. The van der Waals surface area contributed by atoms with Crippen LogP contribution < -0.4 is 0 Å². The number of benzene rings is 1. The van der Waals surface area contributed by atoms with Crippen molar-refractivity contribution in [2.75, 3.05) is 6.54 Å². The Morgan fingerprint density at radius 3 is 2.86 bits per heavy atom. The van der Waals surface area contributed by atoms with Crippen LogP contribution in [0.15, 0.2) is 65.9 Å². The molecule has 0 aliphatic carbocycles. The summed E-state index contributed by atoms with van der Waals surface area (Å²) < 4.78 is 15.7. The number of hydrogen-bond donors (Lipinski definition) is 0. The van der Waals surface area contributed by atoms with Gasteiger partial charge < -0.3 is 9.47 Å². The van der Waals surface area contributed by atoms with Crippen molar-refractivity contribution in [2.45, 2.75) is 24.3 Å². The topological polar surface area (TPSA) is 33.4 Å². The van der Waals surface area contributed by atoms with Gasteiger partial charge in [0.05, 0.1) is 16.8 Å². The van der Waals surface area contributed by atoms with Gasteiger partial charge >= 0.3 is 0 Å². The molecule has 4 nitrogen and oxygen atoms in total. The van der Waals surface area contributed by atoms with Gasteiger partial charge in [-0.2, -0.15) is 0 Å². The predicted molar refractivity (Wildman–Crippen MR) is 112 cm³/mol. The molecule has 0 radical (unpaired) electrons. The molecule has 0 bridgehead atoms. The van der Waals surface area contributed by atoms with E-state index in [1.807, 2.05) is 48.4 Å². The molecular weight excluding hydrogens is 395 g/mol. The minimum Gasteiger partial charge on any atom is -0.339 e. The molecule has 3 aromatic rings. The summed E-state index contributed by atoms with van der Waals surface area (Å²) >= 11 is 7.85. The van der Waals surface area contributed by atoms with Gasteiger partial charge in [0, 0.05) is 35.6 Å². The van der Waals surface area contributed by atoms with E-state index in [0.717, 1.165) is 28.8 Å². The minimum absolute atomic E-state index is 0.0289. The second-order valence-electron chi connectivity index (χ2n) is 7.04. The minimum atomic E-state index is -0.415. The summed E-state index contributed by atoms with van der Waals surface area (Å²) in [7, 11) is 0. The van der Waals surface area contributed by atoms with Crippen LogP contribution in [0.25, 0.3) is 5.69 Å². The van der Waals surface area contributed by atoms with Crippen molar-refractivity contribution in [1.82, 2.24) is 14.5 Å². The second-order valence-corrected chi connectivity index (χ2v) is 8.85. The fourth-order valence-corrected chi connectivity index (χ4v) is 5.21. The molecule has 0 spiro atoms. The van der Waals surface area contributed by atoms with Crippen molar-refractivity contribution in [2.24, 2.45) is 4.99 Å². The highest BCUT2D eigenvalue weighted by Gasteiger charge is 2.44. The van der Waals surface area contributed by atoms with Crippen LogP contribution in [-0.4, -0.2) is 31.4 Å². The Bertz CT molecular complexity index is 1050. The Morgan fingerprint density at radius 2 is 2.07 bits per heavy atom. The van der Waals surface area contributed by atoms with Crippen LogP contribution in [0.5, 0.6) is 0 Å². The van der Waals surface area contributed by atoms with E-state index in [2.05, 4.69) is 27.4 Å². The zero-order chi connectivity index (χ0) is 19.3. The SMILES string of the molecule is C[C@@H]1CN2C(=N[C@H](c3ccccn3)[C@@H]2c2cccn2-c2ccc(F)c(Cl)c2)S1. The first kappa shape index (κ1) is 17.8. The quantitative estimate of drug-likeness (QED) is 0.588. The molecule has 1 aromatic carbocycles. The summed E-state index contributed by atoms with van der Waals surface area (Å²) in [6.07, 6.45) is 3.80. The van der Waals surface area contributed by atoms with Crippen molar-refractivity contribution in [3.63, 3.8) is 0 Å². The van der Waals surface area contributed by atoms with Crippen molar-refractivity contribution in [1.29, 1.82) is 0 Å². The van der Waals surface area contributed by atoms with Gasteiger partial charge in [-0.05, 0) is 42.5 Å². The number of pyridine rings is 1. The number of aliphatic imine (C=N–C) groups is 1. The Hall–Kier alpha value is -2.31. The summed E-state index contributed by atoms with van der Waals surface area (Å²) in [5, 5.41) is 1.68. The lowest BCUT2D eigenvalue weighted by Crippen LogP contribution is -2.30. The van der Waals surface area contributed by atoms with Crippen LogP contribution in [0.4, 0.5) is 4.39 Å². The van der Waals surface area contributed by atoms with Gasteiger partial charge in [-0.3, -0.25) is 9.98 Å². The molecule has 2 aromatic heterocycles. The van der Waals surface area contributed by atoms with Crippen LogP contribution in [0.3, 0.4) is 0 Å². The largest absolute Gasteiger partial charge is 0.339 e. The smallest absolute Gasteiger partial charge is 0.160 e. The van der Waals surface area contributed by atoms with Gasteiger partial charge in [-0.15, -0.1) is 0 Å². The van der Waals surface area contributed by atoms with Crippen LogP contribution >= 0.6 is 23.4 Å². The number of nitrogens with zero attached hydrogens (tertiary/aromatic N) is 4. The van der Waals surface area contributed by atoms with Crippen molar-refractivity contribution < 1.29 is 4.39 Å². The summed E-state index contributed by atoms with van der Waals surface area (Å²) in [4.78, 5) is 12.0. The van der Waals surface area contributed by atoms with E-state index in [-0.39, 0.29) is 17.1 Å². The van der Waals surface area contributed by atoms with Crippen LogP contribution in [0.2, 0.25) is 5.02 Å². The lowest BCUT2D eigenvalue weighted by atomic mass is 10.0. The molecule has 2 aliphatic rings. The third kappa shape index (κ3) is 2.91. The Kier molecular flexibility index (Phi) is 4.40. The van der Waals surface area contributed by atoms with E-state index in [4.69, 9.17) is 16.6 Å². The van der Waals surface area contributed by atoms with Gasteiger partial charge in [-0.25, -0.2) is 4.39 Å². The Morgan fingerprint density at radius 1 is 1.18 bits per heavy atom. The van der Waals surface area contributed by atoms with E-state index in [1.54, 1.807) is 12.1 Å². The standard InChI is InChI=1S/C21H18ClFN4S/c1-13-12-27-20(19(25-21(27)28-13)17-5-2-3-9-24-17)18-6-4-10-26(18)14-7-8-16(23)15(22)11-14/h2-11,13,19-20H,12H2,1H3/t13-,19-,20+/m1/s1. The second kappa shape index (κ2) is 6.94. The van der Waals surface area contributed by atoms with E-state index >= 15 is 0 Å². The molecule has 28 heavy (non-hydrogen) atoms. The molecule has 7 heteroatoms. The predicted octanol–water partition coefficient (Wildman–Crippen LogP) is 5.25. The van der Waals surface area contributed by atoms with E-state index < -0.39 is 5.82 Å². The lowest BCUT2D eigenvalue weighted by molar-refractivity contribution is 0.312. The molecule has 1 saturated heterocycles. The summed E-state index contributed by atoms with van der Waals surface area (Å²) in [6.45, 7) is 3.16. The van der Waals surface area contributed by atoms with E-state index in [9.17, 15) is 4.39 Å². The van der Waals surface area contributed by atoms with Gasteiger partial charge in [-0.1, -0.05) is 36.4 Å². The average Bonchev–Trinajstić information content (AvgIpc) is 3.38. The normalized spacial score (nSPS) is 23.8. The lowest BCUT2D eigenvalue weighted by Gasteiger charge is -2.28. The van der Waals surface area contributed by atoms with Crippen molar-refractivity contribution in [3.8, 4) is 5.69 Å². The van der Waals surface area contributed by atoms with E-state index in [1.165, 1.54) is 6.07 Å². The van der Waals surface area contributed by atoms with Gasteiger partial charge in [0.2, 0.25) is 0 Å². The van der Waals surface area contributed by atoms with Crippen LogP contribution in [0, 0.1) is 5.82 Å². The van der Waals surface area contributed by atoms with Crippen LogP contribution in [0.1, 0.15) is 30.4 Å². The number of amidine groups is 1. The molecule has 1 fully saturated rings. The number of fused-ring (bicyclic) bond motifs is 1. The zero-order valence-corrected chi connectivity index (χ0v) is 16.7. The number of aromatic nitrogens is 2. The zero-order valence-electron chi connectivity index (χ0n) is 15.2. The summed E-state index contributed by atoms with van der Waals surface area (Å²) in [5.41, 5.74) is 2.87. The fraction of sp³-hybridized carbons (Fsp3) is 0.238. The third-order valence-electron chi connectivity index (χ3n) is 5.15. The van der Waals surface area contributed by atoms with Crippen molar-refractivity contribution in [3.05, 3.63) is 83.2 Å². The van der Waals surface area contributed by atoms with Gasteiger partial charge in [0.15, 0.2) is 5.17 Å². The summed E-state index contributed by atoms with van der Waals surface area (Å²) in [6, 6.07) is 14.8. The molecule has 0 N–H and O–H groups in total. The number of hydrogen-bond acceptors (Lipinski definition) is 4. The fourth-order valence-electron chi connectivity index (χ4n) is 3.94. The number of thioether (sulfide) groups is 1. The molecule has 0 unspecified atom stereocenters. The Labute approximate surface area is 172 Å². The molecule has 0 amide bonds. The molecule has 0 saturated carbocycles. The maximum atomic E-state index is 13.7. The van der Waals surface area contributed by atoms with E-state index in [0.29, 0.717) is 5.25 Å². The van der Waals surface area contributed by atoms with Crippen molar-refractivity contribution >= 4 is 28.5 Å². The highest BCUT2D eigenvalue weighted by molar-refractivity contribution is 8.14. The molecular formula is C21H18ClFN4S. The highest BCUT2D eigenvalue weighted by Crippen LogP contribution is 2.47. The maximum absolute atomic E-state index is 13.7. The Balaban J connectivity index is 1.61. The first-order valence-corrected chi connectivity index (χ1v) is 10.4. The summed E-state index contributed by atoms with van der Waals surface area (Å²) in [5.74, 6) is -0.415. The first-order valence-electron chi connectivity index (χ1n) is 9.16. The van der Waals surface area contributed by atoms with Gasteiger partial charge in [0.25, 0.3) is 0 Å². The van der Waals surface area contributed by atoms with Gasteiger partial charge in [0.1, 0.15) is 11.9 Å². The maximum Gasteiger partial charge on any atom is 0.160 e. The third-order valence-corrected chi connectivity index (χ3v) is 6.54.